The maximum absolute atomic E-state index is 11.7. The van der Waals surface area contributed by atoms with Gasteiger partial charge in [0.15, 0.2) is 0 Å². The van der Waals surface area contributed by atoms with E-state index >= 15 is 0 Å². The molecule has 146 valence electrons. The number of nitrogens with one attached hydrogen (secondary N) is 1. The molecular weight excluding hydrogens is 361 g/mol. The summed E-state index contributed by atoms with van der Waals surface area (Å²) in [6, 6.07) is -1.15. The summed E-state index contributed by atoms with van der Waals surface area (Å²) in [7, 11) is 0. The zero-order valence-electron chi connectivity index (χ0n) is 16.6. The minimum atomic E-state index is -1.31. The Labute approximate surface area is 200 Å². The van der Waals surface area contributed by atoms with Crippen LogP contribution in [0.25, 0.3) is 0 Å². The number of carboxylic acid groups (broad SMARTS) is 2. The van der Waals surface area contributed by atoms with Gasteiger partial charge in [0.2, 0.25) is 5.91 Å². The summed E-state index contributed by atoms with van der Waals surface area (Å²) in [6.45, 7) is 2.22. The quantitative estimate of drug-likeness (QED) is 0.262. The molecule has 0 fully saturated rings. The Bertz CT molecular complexity index is 390. The van der Waals surface area contributed by atoms with Gasteiger partial charge in [0.25, 0.3) is 0 Å². The van der Waals surface area contributed by atoms with E-state index in [4.69, 9.17) is 5.11 Å². The van der Waals surface area contributed by atoms with E-state index < -0.39 is 18.0 Å². The normalized spacial score (nSPS) is 11.4. The van der Waals surface area contributed by atoms with Crippen LogP contribution in [0.15, 0.2) is 0 Å². The summed E-state index contributed by atoms with van der Waals surface area (Å²) >= 11 is 0. The van der Waals surface area contributed by atoms with Crippen LogP contribution in [0.2, 0.25) is 0 Å². The smallest absolute Gasteiger partial charge is 0.550 e. The molecule has 0 aromatic carbocycles. The van der Waals surface area contributed by atoms with E-state index in [2.05, 4.69) is 12.2 Å². The van der Waals surface area contributed by atoms with Gasteiger partial charge in [0.05, 0.1) is 0 Å². The predicted octanol–water partition coefficient (Wildman–Crippen LogP) is -0.209. The third-order valence-corrected chi connectivity index (χ3v) is 4.28. The number of rotatable bonds is 17. The minimum Gasteiger partial charge on any atom is -0.550 e. The van der Waals surface area contributed by atoms with Crippen LogP contribution in [0.5, 0.6) is 0 Å². The standard InChI is InChI=1S/C19H35NO5.K/c1-2-3-4-5-6-7-8-9-10-11-12-13-17(21)20-16(19(24)25)14-15-18(22)23;/h16H,2-15H2,1H3,(H,20,21)(H,22,23)(H,24,25);/q;+1/p-1/t16-;/m0./s1. The molecule has 0 heterocycles. The van der Waals surface area contributed by atoms with Crippen molar-refractivity contribution in [3.05, 3.63) is 0 Å². The van der Waals surface area contributed by atoms with Crippen molar-refractivity contribution in [2.45, 2.75) is 103 Å². The fraction of sp³-hybridized carbons (Fsp3) is 0.842. The first-order valence-electron chi connectivity index (χ1n) is 9.69. The minimum absolute atomic E-state index is 0. The molecule has 26 heavy (non-hydrogen) atoms. The van der Waals surface area contributed by atoms with E-state index in [0.29, 0.717) is 0 Å². The number of carbonyl (C=O) groups is 3. The summed E-state index contributed by atoms with van der Waals surface area (Å²) in [4.78, 5) is 33.1. The topological polar surface area (TPSA) is 107 Å². The number of hydrogen-bond donors (Lipinski definition) is 2. The molecule has 0 aliphatic rings. The molecule has 0 aliphatic carbocycles. The molecule has 6 nitrogen and oxygen atoms in total. The Morgan fingerprint density at radius 3 is 1.73 bits per heavy atom. The van der Waals surface area contributed by atoms with Crippen LogP contribution in [0.3, 0.4) is 0 Å². The summed E-state index contributed by atoms with van der Waals surface area (Å²) in [5.41, 5.74) is 0. The molecule has 0 unspecified atom stereocenters. The molecule has 1 atom stereocenters. The fourth-order valence-electron chi connectivity index (χ4n) is 2.74. The zero-order valence-corrected chi connectivity index (χ0v) is 19.7. The first-order valence-corrected chi connectivity index (χ1v) is 9.69. The van der Waals surface area contributed by atoms with E-state index in [0.717, 1.165) is 19.3 Å². The number of aliphatic carboxylic acids is 2. The van der Waals surface area contributed by atoms with Gasteiger partial charge in [-0.1, -0.05) is 71.1 Å². The molecule has 0 rings (SSSR count). The predicted molar refractivity (Wildman–Crippen MR) is 94.9 cm³/mol. The third-order valence-electron chi connectivity index (χ3n) is 4.28. The van der Waals surface area contributed by atoms with E-state index in [9.17, 15) is 19.5 Å². The van der Waals surface area contributed by atoms with Crippen LogP contribution >= 0.6 is 0 Å². The molecule has 0 saturated heterocycles. The second kappa shape index (κ2) is 19.8. The molecule has 0 aromatic heterocycles. The number of carboxylic acids is 2. The molecular formula is C19H34KNO5. The second-order valence-corrected chi connectivity index (χ2v) is 6.65. The van der Waals surface area contributed by atoms with Crippen molar-refractivity contribution in [1.82, 2.24) is 5.32 Å². The number of unbranched alkanes of at least 4 members (excludes halogenated alkanes) is 10. The second-order valence-electron chi connectivity index (χ2n) is 6.65. The Morgan fingerprint density at radius 1 is 0.846 bits per heavy atom. The molecule has 0 aliphatic heterocycles. The van der Waals surface area contributed by atoms with Crippen molar-refractivity contribution in [2.24, 2.45) is 0 Å². The van der Waals surface area contributed by atoms with Crippen molar-refractivity contribution >= 4 is 17.8 Å². The van der Waals surface area contributed by atoms with Crippen LogP contribution in [-0.4, -0.2) is 29.0 Å². The average molecular weight is 396 g/mol. The van der Waals surface area contributed by atoms with E-state index in [1.165, 1.54) is 51.4 Å². The summed E-state index contributed by atoms with van der Waals surface area (Å²) in [5, 5.41) is 21.7. The van der Waals surface area contributed by atoms with Crippen molar-refractivity contribution in [3.8, 4) is 0 Å². The van der Waals surface area contributed by atoms with Crippen molar-refractivity contribution in [3.63, 3.8) is 0 Å². The molecule has 0 radical (unpaired) electrons. The largest absolute Gasteiger partial charge is 1.00 e. The van der Waals surface area contributed by atoms with Crippen LogP contribution in [0.4, 0.5) is 0 Å². The first-order chi connectivity index (χ1) is 12.0. The Kier molecular flexibility index (Phi) is 21.5. The molecule has 0 bridgehead atoms. The van der Waals surface area contributed by atoms with E-state index in [1.807, 2.05) is 0 Å². The summed E-state index contributed by atoms with van der Waals surface area (Å²) < 4.78 is 0. The van der Waals surface area contributed by atoms with Crippen LogP contribution in [0.1, 0.15) is 96.8 Å². The van der Waals surface area contributed by atoms with Gasteiger partial charge < -0.3 is 20.3 Å². The van der Waals surface area contributed by atoms with E-state index in [-0.39, 0.29) is 76.6 Å². The van der Waals surface area contributed by atoms with Crippen LogP contribution < -0.4 is 61.8 Å². The monoisotopic (exact) mass is 395 g/mol. The van der Waals surface area contributed by atoms with Crippen LogP contribution in [-0.2, 0) is 14.4 Å². The maximum atomic E-state index is 11.7. The van der Waals surface area contributed by atoms with Crippen LogP contribution in [0, 0.1) is 0 Å². The Morgan fingerprint density at radius 2 is 1.31 bits per heavy atom. The van der Waals surface area contributed by atoms with Crippen molar-refractivity contribution in [2.75, 3.05) is 0 Å². The van der Waals surface area contributed by atoms with Crippen molar-refractivity contribution < 1.29 is 76.0 Å². The third kappa shape index (κ3) is 18.8. The summed E-state index contributed by atoms with van der Waals surface area (Å²) in [5.74, 6) is -2.86. The number of amides is 1. The fourth-order valence-corrected chi connectivity index (χ4v) is 2.74. The summed E-state index contributed by atoms with van der Waals surface area (Å²) in [6.07, 6.45) is 12.8. The SMILES string of the molecule is CCCCCCCCCCCCCC(=O)N[C@@H](CCC(=O)[O-])C(=O)O.[K+]. The maximum Gasteiger partial charge on any atom is 1.00 e. The van der Waals surface area contributed by atoms with Gasteiger partial charge in [0.1, 0.15) is 6.04 Å². The molecule has 7 heteroatoms. The van der Waals surface area contributed by atoms with E-state index in [1.54, 1.807) is 0 Å². The molecule has 1 amide bonds. The number of hydrogen-bond acceptors (Lipinski definition) is 4. The van der Waals surface area contributed by atoms with Gasteiger partial charge in [-0.05, 0) is 19.3 Å². The zero-order chi connectivity index (χ0) is 18.9. The molecule has 0 spiro atoms. The Balaban J connectivity index is 0. The van der Waals surface area contributed by atoms with Gasteiger partial charge in [-0.15, -0.1) is 0 Å². The molecule has 0 aromatic rings. The average Bonchev–Trinajstić information content (AvgIpc) is 2.56. The Hall–Kier alpha value is 0.0464. The first kappa shape index (κ1) is 28.3. The number of carbonyl (C=O) groups excluding carboxylic acids is 2. The van der Waals surface area contributed by atoms with Gasteiger partial charge in [0, 0.05) is 12.4 Å². The molecule has 2 N–H and O–H groups in total. The van der Waals surface area contributed by atoms with Crippen molar-refractivity contribution in [1.29, 1.82) is 0 Å². The molecule has 0 saturated carbocycles. The van der Waals surface area contributed by atoms with Gasteiger partial charge in [-0.25, -0.2) is 4.79 Å². The van der Waals surface area contributed by atoms with Gasteiger partial charge in [-0.3, -0.25) is 4.79 Å². The van der Waals surface area contributed by atoms with Gasteiger partial charge in [-0.2, -0.15) is 0 Å². The van der Waals surface area contributed by atoms with Gasteiger partial charge >= 0.3 is 57.4 Å².